The number of carboxylic acid groups (broad SMARTS) is 1. The van der Waals surface area contributed by atoms with Crippen LogP contribution in [0.3, 0.4) is 0 Å². The van der Waals surface area contributed by atoms with Crippen molar-refractivity contribution >= 4 is 17.8 Å². The summed E-state index contributed by atoms with van der Waals surface area (Å²) in [6.07, 6.45) is 0.381. The maximum Gasteiger partial charge on any atom is 0.322 e. The minimum absolute atomic E-state index is 0.142. The summed E-state index contributed by atoms with van der Waals surface area (Å²) in [7, 11) is 1.62. The third kappa shape index (κ3) is 6.35. The molecule has 0 aliphatic heterocycles. The van der Waals surface area contributed by atoms with Crippen molar-refractivity contribution in [1.29, 1.82) is 0 Å². The van der Waals surface area contributed by atoms with Gasteiger partial charge in [-0.05, 0) is 38.1 Å². The fraction of sp³-hybridized carbons (Fsp3) is 0.400. The number of carbonyl (C=O) groups excluding carboxylic acids is 2. The zero-order valence-electron chi connectivity index (χ0n) is 13.0. The van der Waals surface area contributed by atoms with Crippen LogP contribution in [0.4, 0.5) is 0 Å². The lowest BCUT2D eigenvalue weighted by Crippen LogP contribution is -2.52. The standard InChI is InChI=1S/C15H21N3O5/c1-9(14(22)17-8-13(20)21)18-15(23)12(16-2)7-10-3-5-11(19)6-4-10/h3-6,9,12,16,19H,7-8H2,1-2H3,(H,17,22)(H,18,23)(H,20,21)/t9-,12?/m1/s1. The highest BCUT2D eigenvalue weighted by atomic mass is 16.4. The maximum atomic E-state index is 12.2. The van der Waals surface area contributed by atoms with E-state index in [-0.39, 0.29) is 11.7 Å². The van der Waals surface area contributed by atoms with Crippen molar-refractivity contribution in [3.05, 3.63) is 29.8 Å². The Labute approximate surface area is 133 Å². The molecule has 0 heterocycles. The molecule has 1 aromatic rings. The number of aliphatic carboxylic acids is 1. The van der Waals surface area contributed by atoms with E-state index in [1.807, 2.05) is 0 Å². The molecule has 2 amide bonds. The van der Waals surface area contributed by atoms with Gasteiger partial charge in [-0.3, -0.25) is 14.4 Å². The van der Waals surface area contributed by atoms with E-state index in [4.69, 9.17) is 5.11 Å². The van der Waals surface area contributed by atoms with Gasteiger partial charge < -0.3 is 26.2 Å². The normalized spacial score (nSPS) is 13.0. The van der Waals surface area contributed by atoms with Crippen LogP contribution in [-0.2, 0) is 20.8 Å². The predicted octanol–water partition coefficient (Wildman–Crippen LogP) is -0.772. The van der Waals surface area contributed by atoms with Crippen molar-refractivity contribution in [3.8, 4) is 5.75 Å². The Hall–Kier alpha value is -2.61. The monoisotopic (exact) mass is 323 g/mol. The van der Waals surface area contributed by atoms with Gasteiger partial charge >= 0.3 is 5.97 Å². The molecule has 23 heavy (non-hydrogen) atoms. The summed E-state index contributed by atoms with van der Waals surface area (Å²) in [6.45, 7) is 0.977. The Bertz CT molecular complexity index is 559. The van der Waals surface area contributed by atoms with Crippen molar-refractivity contribution in [2.75, 3.05) is 13.6 Å². The van der Waals surface area contributed by atoms with Crippen LogP contribution in [0.2, 0.25) is 0 Å². The van der Waals surface area contributed by atoms with Gasteiger partial charge in [-0.1, -0.05) is 12.1 Å². The number of hydrogen-bond acceptors (Lipinski definition) is 5. The number of rotatable bonds is 8. The van der Waals surface area contributed by atoms with Crippen molar-refractivity contribution < 1.29 is 24.6 Å². The SMILES string of the molecule is CNC(Cc1ccc(O)cc1)C(=O)N[C@H](C)C(=O)NCC(=O)O. The molecule has 1 rings (SSSR count). The van der Waals surface area contributed by atoms with E-state index in [2.05, 4.69) is 16.0 Å². The molecule has 5 N–H and O–H groups in total. The van der Waals surface area contributed by atoms with Crippen LogP contribution in [0.25, 0.3) is 0 Å². The number of hydrogen-bond donors (Lipinski definition) is 5. The first kappa shape index (κ1) is 18.4. The summed E-state index contributed by atoms with van der Waals surface area (Å²) >= 11 is 0. The molecule has 8 nitrogen and oxygen atoms in total. The molecule has 0 radical (unpaired) electrons. The minimum atomic E-state index is -1.16. The highest BCUT2D eigenvalue weighted by molar-refractivity contribution is 5.90. The lowest BCUT2D eigenvalue weighted by atomic mass is 10.0. The molecular formula is C15H21N3O5. The van der Waals surface area contributed by atoms with Gasteiger partial charge in [0.05, 0.1) is 6.04 Å². The average Bonchev–Trinajstić information content (AvgIpc) is 2.51. The number of carbonyl (C=O) groups is 3. The Kier molecular flexibility index (Phi) is 7.01. The zero-order chi connectivity index (χ0) is 17.4. The number of aromatic hydroxyl groups is 1. The molecule has 0 fully saturated rings. The van der Waals surface area contributed by atoms with Gasteiger partial charge in [-0.2, -0.15) is 0 Å². The quantitative estimate of drug-likeness (QED) is 0.427. The molecule has 1 aromatic carbocycles. The van der Waals surface area contributed by atoms with Gasteiger partial charge in [0.1, 0.15) is 18.3 Å². The predicted molar refractivity (Wildman–Crippen MR) is 82.9 cm³/mol. The smallest absolute Gasteiger partial charge is 0.322 e. The van der Waals surface area contributed by atoms with E-state index >= 15 is 0 Å². The van der Waals surface area contributed by atoms with E-state index in [0.29, 0.717) is 6.42 Å². The van der Waals surface area contributed by atoms with Gasteiger partial charge in [0.25, 0.3) is 0 Å². The molecule has 2 atom stereocenters. The Balaban J connectivity index is 2.57. The summed E-state index contributed by atoms with van der Waals surface area (Å²) in [5.41, 5.74) is 0.847. The van der Waals surface area contributed by atoms with Crippen LogP contribution in [-0.4, -0.2) is 53.7 Å². The van der Waals surface area contributed by atoms with E-state index in [1.165, 1.54) is 19.1 Å². The largest absolute Gasteiger partial charge is 0.508 e. The summed E-state index contributed by atoms with van der Waals surface area (Å²) < 4.78 is 0. The molecule has 0 aromatic heterocycles. The summed E-state index contributed by atoms with van der Waals surface area (Å²) in [5.74, 6) is -1.96. The molecule has 0 aliphatic carbocycles. The van der Waals surface area contributed by atoms with E-state index in [0.717, 1.165) is 5.56 Å². The number of benzene rings is 1. The lowest BCUT2D eigenvalue weighted by Gasteiger charge is -2.19. The van der Waals surface area contributed by atoms with Crippen molar-refractivity contribution in [2.24, 2.45) is 0 Å². The maximum absolute atomic E-state index is 12.2. The summed E-state index contributed by atoms with van der Waals surface area (Å²) in [5, 5.41) is 25.3. The second kappa shape index (κ2) is 8.74. The van der Waals surface area contributed by atoms with E-state index < -0.39 is 30.5 Å². The molecule has 0 saturated carbocycles. The average molecular weight is 323 g/mol. The Morgan fingerprint density at radius 2 is 1.74 bits per heavy atom. The molecule has 0 spiro atoms. The fourth-order valence-electron chi connectivity index (χ4n) is 1.89. The highest BCUT2D eigenvalue weighted by Crippen LogP contribution is 2.11. The minimum Gasteiger partial charge on any atom is -0.508 e. The highest BCUT2D eigenvalue weighted by Gasteiger charge is 2.22. The first-order chi connectivity index (χ1) is 10.8. The third-order valence-corrected chi connectivity index (χ3v) is 3.21. The van der Waals surface area contributed by atoms with Crippen LogP contribution >= 0.6 is 0 Å². The number of amides is 2. The molecule has 1 unspecified atom stereocenters. The molecule has 0 aliphatic rings. The van der Waals surface area contributed by atoms with Gasteiger partial charge in [0, 0.05) is 0 Å². The Morgan fingerprint density at radius 3 is 2.26 bits per heavy atom. The van der Waals surface area contributed by atoms with Crippen LogP contribution in [0.1, 0.15) is 12.5 Å². The van der Waals surface area contributed by atoms with Crippen LogP contribution in [0.5, 0.6) is 5.75 Å². The van der Waals surface area contributed by atoms with Crippen LogP contribution < -0.4 is 16.0 Å². The summed E-state index contributed by atoms with van der Waals surface area (Å²) in [4.78, 5) is 34.2. The molecular weight excluding hydrogens is 302 g/mol. The van der Waals surface area contributed by atoms with Crippen molar-refractivity contribution in [2.45, 2.75) is 25.4 Å². The number of nitrogens with one attached hydrogen (secondary N) is 3. The number of carboxylic acids is 1. The fourth-order valence-corrected chi connectivity index (χ4v) is 1.89. The topological polar surface area (TPSA) is 128 Å². The second-order valence-electron chi connectivity index (χ2n) is 5.05. The third-order valence-electron chi connectivity index (χ3n) is 3.21. The lowest BCUT2D eigenvalue weighted by molar-refractivity contribution is -0.138. The van der Waals surface area contributed by atoms with E-state index in [9.17, 15) is 19.5 Å². The van der Waals surface area contributed by atoms with Gasteiger partial charge in [0.15, 0.2) is 0 Å². The van der Waals surface area contributed by atoms with Crippen LogP contribution in [0.15, 0.2) is 24.3 Å². The first-order valence-electron chi connectivity index (χ1n) is 7.08. The number of phenols is 1. The number of phenolic OH excluding ortho intramolecular Hbond substituents is 1. The van der Waals surface area contributed by atoms with Crippen molar-refractivity contribution in [1.82, 2.24) is 16.0 Å². The number of likely N-dealkylation sites (N-methyl/N-ethyl adjacent to an activating group) is 1. The Morgan fingerprint density at radius 1 is 1.13 bits per heavy atom. The second-order valence-corrected chi connectivity index (χ2v) is 5.05. The summed E-state index contributed by atoms with van der Waals surface area (Å²) in [6, 6.07) is 5.06. The first-order valence-corrected chi connectivity index (χ1v) is 7.08. The molecule has 8 heteroatoms. The van der Waals surface area contributed by atoms with Gasteiger partial charge in [-0.25, -0.2) is 0 Å². The van der Waals surface area contributed by atoms with Gasteiger partial charge in [-0.15, -0.1) is 0 Å². The van der Waals surface area contributed by atoms with E-state index in [1.54, 1.807) is 19.2 Å². The van der Waals surface area contributed by atoms with Gasteiger partial charge in [0.2, 0.25) is 11.8 Å². The molecule has 0 bridgehead atoms. The molecule has 126 valence electrons. The molecule has 0 saturated heterocycles. The zero-order valence-corrected chi connectivity index (χ0v) is 13.0. The van der Waals surface area contributed by atoms with Crippen molar-refractivity contribution in [3.63, 3.8) is 0 Å². The van der Waals surface area contributed by atoms with Crippen LogP contribution in [0, 0.1) is 0 Å².